The zero-order chi connectivity index (χ0) is 10.6. The summed E-state index contributed by atoms with van der Waals surface area (Å²) in [6.07, 6.45) is 6.13. The van der Waals surface area contributed by atoms with Crippen molar-refractivity contribution >= 4 is 5.78 Å². The molecule has 3 heteroatoms. The molecule has 0 aliphatic carbocycles. The van der Waals surface area contributed by atoms with Crippen molar-refractivity contribution in [3.05, 3.63) is 18.2 Å². The molecule has 1 heterocycles. The minimum Gasteiger partial charge on any atom is -0.340 e. The van der Waals surface area contributed by atoms with E-state index >= 15 is 0 Å². The smallest absolute Gasteiger partial charge is 0.182 e. The molecular weight excluding hydrogens is 176 g/mol. The van der Waals surface area contributed by atoms with Crippen LogP contribution in [0, 0.1) is 5.92 Å². The van der Waals surface area contributed by atoms with Gasteiger partial charge in [0.05, 0.1) is 6.33 Å². The largest absolute Gasteiger partial charge is 0.340 e. The highest BCUT2D eigenvalue weighted by Gasteiger charge is 2.08. The number of aromatic nitrogens is 2. The molecule has 0 fully saturated rings. The molecule has 0 unspecified atom stereocenters. The third-order valence-corrected chi connectivity index (χ3v) is 2.18. The van der Waals surface area contributed by atoms with Crippen molar-refractivity contribution in [3.8, 4) is 0 Å². The average Bonchev–Trinajstić information content (AvgIpc) is 2.51. The van der Waals surface area contributed by atoms with E-state index in [9.17, 15) is 4.79 Å². The summed E-state index contributed by atoms with van der Waals surface area (Å²) < 4.78 is 1.80. The number of aryl methyl sites for hydroxylation is 1. The molecule has 0 spiro atoms. The molecule has 0 saturated heterocycles. The Morgan fingerprint density at radius 1 is 1.57 bits per heavy atom. The molecule has 0 bridgehead atoms. The van der Waals surface area contributed by atoms with Gasteiger partial charge in [-0.1, -0.05) is 20.3 Å². The van der Waals surface area contributed by atoms with Crippen molar-refractivity contribution in [1.82, 2.24) is 9.55 Å². The van der Waals surface area contributed by atoms with Gasteiger partial charge in [0.2, 0.25) is 0 Å². The number of ketones is 1. The van der Waals surface area contributed by atoms with Gasteiger partial charge in [-0.15, -0.1) is 0 Å². The fourth-order valence-corrected chi connectivity index (χ4v) is 1.36. The van der Waals surface area contributed by atoms with Gasteiger partial charge in [-0.2, -0.15) is 0 Å². The molecule has 0 N–H and O–H groups in total. The second kappa shape index (κ2) is 4.94. The normalized spacial score (nSPS) is 10.9. The fraction of sp³-hybridized carbons (Fsp3) is 0.636. The Morgan fingerprint density at radius 3 is 2.79 bits per heavy atom. The van der Waals surface area contributed by atoms with E-state index in [4.69, 9.17) is 0 Å². The van der Waals surface area contributed by atoms with Gasteiger partial charge in [0.25, 0.3) is 0 Å². The van der Waals surface area contributed by atoms with E-state index in [1.807, 2.05) is 7.05 Å². The summed E-state index contributed by atoms with van der Waals surface area (Å²) in [5, 5.41) is 0. The first-order valence-electron chi connectivity index (χ1n) is 5.10. The van der Waals surface area contributed by atoms with Crippen LogP contribution in [0.3, 0.4) is 0 Å². The first-order chi connectivity index (χ1) is 6.59. The molecule has 14 heavy (non-hydrogen) atoms. The summed E-state index contributed by atoms with van der Waals surface area (Å²) in [6, 6.07) is 0. The van der Waals surface area contributed by atoms with Crippen molar-refractivity contribution in [3.63, 3.8) is 0 Å². The number of nitrogens with zero attached hydrogens (tertiary/aromatic N) is 2. The number of carbonyl (C=O) groups is 1. The lowest BCUT2D eigenvalue weighted by Crippen LogP contribution is -2.00. The first-order valence-corrected chi connectivity index (χ1v) is 5.10. The average molecular weight is 194 g/mol. The van der Waals surface area contributed by atoms with Crippen LogP contribution in [0.2, 0.25) is 0 Å². The highest BCUT2D eigenvalue weighted by molar-refractivity contribution is 5.93. The Labute approximate surface area is 85.2 Å². The van der Waals surface area contributed by atoms with Crippen LogP contribution < -0.4 is 0 Å². The van der Waals surface area contributed by atoms with Crippen LogP contribution in [0.5, 0.6) is 0 Å². The number of hydrogen-bond acceptors (Lipinski definition) is 2. The molecule has 0 aliphatic heterocycles. The Balaban J connectivity index is 2.36. The third-order valence-electron chi connectivity index (χ3n) is 2.18. The van der Waals surface area contributed by atoms with Crippen LogP contribution in [0.1, 0.15) is 43.6 Å². The van der Waals surface area contributed by atoms with Crippen LogP contribution >= 0.6 is 0 Å². The SMILES string of the molecule is CC(C)CCCC(=O)c1cn(C)cn1. The molecule has 78 valence electrons. The maximum Gasteiger partial charge on any atom is 0.182 e. The summed E-state index contributed by atoms with van der Waals surface area (Å²) in [5.74, 6) is 0.831. The van der Waals surface area contributed by atoms with Crippen LogP contribution in [-0.2, 0) is 7.05 Å². The van der Waals surface area contributed by atoms with Gasteiger partial charge in [0, 0.05) is 19.7 Å². The van der Waals surface area contributed by atoms with Gasteiger partial charge in [0.1, 0.15) is 5.69 Å². The highest BCUT2D eigenvalue weighted by atomic mass is 16.1. The summed E-state index contributed by atoms with van der Waals surface area (Å²) in [7, 11) is 1.87. The zero-order valence-electron chi connectivity index (χ0n) is 9.16. The van der Waals surface area contributed by atoms with Crippen molar-refractivity contribution in [1.29, 1.82) is 0 Å². The van der Waals surface area contributed by atoms with Crippen molar-refractivity contribution in [2.24, 2.45) is 13.0 Å². The number of imidazole rings is 1. The lowest BCUT2D eigenvalue weighted by Gasteiger charge is -2.01. The standard InChI is InChI=1S/C11H18N2O/c1-9(2)5-4-6-11(14)10-7-13(3)8-12-10/h7-9H,4-6H2,1-3H3. The van der Waals surface area contributed by atoms with E-state index in [1.165, 1.54) is 0 Å². The van der Waals surface area contributed by atoms with E-state index in [-0.39, 0.29) is 5.78 Å². The maximum absolute atomic E-state index is 11.6. The van der Waals surface area contributed by atoms with Gasteiger partial charge in [0.15, 0.2) is 5.78 Å². The monoisotopic (exact) mass is 194 g/mol. The zero-order valence-corrected chi connectivity index (χ0v) is 9.16. The van der Waals surface area contributed by atoms with Crippen molar-refractivity contribution in [2.45, 2.75) is 33.1 Å². The number of carbonyl (C=O) groups excluding carboxylic acids is 1. The second-order valence-electron chi connectivity index (χ2n) is 4.13. The first kappa shape index (κ1) is 11.0. The van der Waals surface area contributed by atoms with Gasteiger partial charge in [-0.05, 0) is 12.3 Å². The van der Waals surface area contributed by atoms with E-state index in [0.29, 0.717) is 18.0 Å². The number of rotatable bonds is 5. The molecule has 1 rings (SSSR count). The van der Waals surface area contributed by atoms with Gasteiger partial charge >= 0.3 is 0 Å². The summed E-state index contributed by atoms with van der Waals surface area (Å²) in [6.45, 7) is 4.34. The predicted molar refractivity (Wildman–Crippen MR) is 56.2 cm³/mol. The van der Waals surface area contributed by atoms with E-state index in [2.05, 4.69) is 18.8 Å². The molecule has 3 nitrogen and oxygen atoms in total. The van der Waals surface area contributed by atoms with Crippen LogP contribution in [0.15, 0.2) is 12.5 Å². The number of Topliss-reactive ketones (excluding diaryl/α,β-unsaturated/α-hetero) is 1. The lowest BCUT2D eigenvalue weighted by atomic mass is 10.0. The molecule has 0 aliphatic rings. The van der Waals surface area contributed by atoms with Crippen molar-refractivity contribution in [2.75, 3.05) is 0 Å². The van der Waals surface area contributed by atoms with Crippen molar-refractivity contribution < 1.29 is 4.79 Å². The molecule has 0 atom stereocenters. The van der Waals surface area contributed by atoms with Gasteiger partial charge in [-0.25, -0.2) is 4.98 Å². The molecule has 1 aromatic rings. The minimum absolute atomic E-state index is 0.159. The highest BCUT2D eigenvalue weighted by Crippen LogP contribution is 2.09. The molecule has 1 aromatic heterocycles. The Morgan fingerprint density at radius 2 is 2.29 bits per heavy atom. The molecular formula is C11H18N2O. The van der Waals surface area contributed by atoms with Crippen LogP contribution in [-0.4, -0.2) is 15.3 Å². The van der Waals surface area contributed by atoms with Gasteiger partial charge in [-0.3, -0.25) is 4.79 Å². The second-order valence-corrected chi connectivity index (χ2v) is 4.13. The van der Waals surface area contributed by atoms with Crippen LogP contribution in [0.4, 0.5) is 0 Å². The fourth-order valence-electron chi connectivity index (χ4n) is 1.36. The molecule has 0 radical (unpaired) electrons. The molecule has 0 amide bonds. The Bertz CT molecular complexity index is 302. The van der Waals surface area contributed by atoms with E-state index < -0.39 is 0 Å². The summed E-state index contributed by atoms with van der Waals surface area (Å²) in [4.78, 5) is 15.6. The quantitative estimate of drug-likeness (QED) is 0.675. The summed E-state index contributed by atoms with van der Waals surface area (Å²) in [5.41, 5.74) is 0.594. The maximum atomic E-state index is 11.6. The molecule has 0 saturated carbocycles. The summed E-state index contributed by atoms with van der Waals surface area (Å²) >= 11 is 0. The van der Waals surface area contributed by atoms with Gasteiger partial charge < -0.3 is 4.57 Å². The Hall–Kier alpha value is -1.12. The third kappa shape index (κ3) is 3.32. The topological polar surface area (TPSA) is 34.9 Å². The lowest BCUT2D eigenvalue weighted by molar-refractivity contribution is 0.0974. The predicted octanol–water partition coefficient (Wildman–Crippen LogP) is 2.43. The molecule has 0 aromatic carbocycles. The minimum atomic E-state index is 0.159. The van der Waals surface area contributed by atoms with E-state index in [1.54, 1.807) is 17.1 Å². The Kier molecular flexibility index (Phi) is 3.86. The van der Waals surface area contributed by atoms with E-state index in [0.717, 1.165) is 12.8 Å². The van der Waals surface area contributed by atoms with Crippen LogP contribution in [0.25, 0.3) is 0 Å². The number of hydrogen-bond donors (Lipinski definition) is 0.